The van der Waals surface area contributed by atoms with Crippen LogP contribution in [-0.2, 0) is 65.1 Å². The van der Waals surface area contributed by atoms with E-state index in [4.69, 9.17) is 56.0 Å². The van der Waals surface area contributed by atoms with E-state index in [0.717, 1.165) is 0 Å². The predicted molar refractivity (Wildman–Crippen MR) is 147 cm³/mol. The van der Waals surface area contributed by atoms with Crippen molar-refractivity contribution in [3.8, 4) is 0 Å². The molecule has 8 unspecified atom stereocenters. The van der Waals surface area contributed by atoms with Crippen molar-refractivity contribution in [2.75, 3.05) is 39.6 Å². The molecule has 6 saturated heterocycles. The van der Waals surface area contributed by atoms with Gasteiger partial charge in [-0.15, -0.1) is 0 Å². The van der Waals surface area contributed by atoms with Gasteiger partial charge in [-0.2, -0.15) is 0 Å². The van der Waals surface area contributed by atoms with Gasteiger partial charge in [-0.05, 0) is 48.5 Å². The van der Waals surface area contributed by atoms with Gasteiger partial charge in [0.1, 0.15) is 53.4 Å². The Balaban J connectivity index is 1.10. The molecule has 0 aliphatic carbocycles. The molecule has 6 aliphatic heterocycles. The monoisotopic (exact) mass is 686 g/mol. The van der Waals surface area contributed by atoms with Crippen LogP contribution in [0, 0.1) is 0 Å². The molecule has 0 radical (unpaired) electrons. The lowest BCUT2D eigenvalue weighted by Gasteiger charge is -2.37. The number of rotatable bonds is 15. The SMILES string of the molecule is CC(C)OCC12CO[C@@H](C(C)O1)[C@H]2OP(=O)([O-])OCC12CO[C@@H](C(C)O1)[C@H]2OP(=O)([O-])OCC12CO[C@@H](C(C)O1)[C@H]2OC(C)C. The van der Waals surface area contributed by atoms with Gasteiger partial charge in [0, 0.05) is 0 Å². The standard InChI is InChI=1S/C27H46O16P2/c1-14(2)32-8-25-9-34-20(17(6)39-25)23(25)42-45(30,31)37-13-27-11-35-21(18(7)41-27)24(27)43-44(28,29)36-12-26-10-33-19(16(5)40-26)22(26)38-15(3)4/h14-24H,8-13H2,1-7H3,(H,28,29)(H,30,31)/p-2/t16?,17?,18?,19-,20-,21-,22+,23+,24+,25?,26?,27?/m0/s1. The summed E-state index contributed by atoms with van der Waals surface area (Å²) in [6.07, 6.45) is -6.30. The average molecular weight is 687 g/mol. The van der Waals surface area contributed by atoms with E-state index in [1.807, 2.05) is 34.6 Å². The van der Waals surface area contributed by atoms with Crippen LogP contribution in [0.2, 0.25) is 0 Å². The van der Waals surface area contributed by atoms with E-state index in [1.165, 1.54) is 0 Å². The third-order valence-corrected chi connectivity index (χ3v) is 11.0. The largest absolute Gasteiger partial charge is 0.756 e. The van der Waals surface area contributed by atoms with Gasteiger partial charge in [0.15, 0.2) is 0 Å². The summed E-state index contributed by atoms with van der Waals surface area (Å²) in [6.45, 7) is 11.7. The van der Waals surface area contributed by atoms with E-state index in [1.54, 1.807) is 13.8 Å². The van der Waals surface area contributed by atoms with Crippen LogP contribution in [0.25, 0.3) is 0 Å². The molecular weight excluding hydrogens is 642 g/mol. The van der Waals surface area contributed by atoms with Gasteiger partial charge in [-0.1, -0.05) is 0 Å². The van der Waals surface area contributed by atoms with Crippen molar-refractivity contribution in [1.82, 2.24) is 0 Å². The molecule has 0 aromatic rings. The molecule has 260 valence electrons. The first-order chi connectivity index (χ1) is 21.0. The quantitative estimate of drug-likeness (QED) is 0.218. The number of hydrogen-bond donors (Lipinski definition) is 0. The van der Waals surface area contributed by atoms with Crippen LogP contribution in [-0.4, -0.2) is 124 Å². The van der Waals surface area contributed by atoms with Crippen LogP contribution >= 0.6 is 15.6 Å². The van der Waals surface area contributed by atoms with Crippen molar-refractivity contribution in [2.45, 2.75) is 132 Å². The van der Waals surface area contributed by atoms with Crippen LogP contribution < -0.4 is 9.79 Å². The molecule has 0 saturated carbocycles. The molecule has 14 atom stereocenters. The zero-order chi connectivity index (χ0) is 32.6. The summed E-state index contributed by atoms with van der Waals surface area (Å²) in [6, 6.07) is 0. The predicted octanol–water partition coefficient (Wildman–Crippen LogP) is 0.614. The molecule has 45 heavy (non-hydrogen) atoms. The van der Waals surface area contributed by atoms with Gasteiger partial charge in [0.05, 0.1) is 70.2 Å². The van der Waals surface area contributed by atoms with Crippen LogP contribution in [0.3, 0.4) is 0 Å². The summed E-state index contributed by atoms with van der Waals surface area (Å²) in [4.78, 5) is 26.4. The second kappa shape index (κ2) is 12.3. The van der Waals surface area contributed by atoms with Crippen molar-refractivity contribution >= 4 is 15.6 Å². The Labute approximate surface area is 262 Å². The summed E-state index contributed by atoms with van der Waals surface area (Å²) in [5, 5.41) is 0. The molecule has 6 fully saturated rings. The first-order valence-corrected chi connectivity index (χ1v) is 18.3. The summed E-state index contributed by atoms with van der Waals surface area (Å²) < 4.78 is 95.2. The minimum absolute atomic E-state index is 0.0628. The highest BCUT2D eigenvalue weighted by Gasteiger charge is 2.65. The van der Waals surface area contributed by atoms with Gasteiger partial charge in [0.25, 0.3) is 15.6 Å². The normalized spacial score (nSPS) is 47.8. The molecular formula is C27H44O16P2-2. The van der Waals surface area contributed by atoms with Gasteiger partial charge >= 0.3 is 0 Å². The lowest BCUT2D eigenvalue weighted by Crippen LogP contribution is -2.49. The zero-order valence-corrected chi connectivity index (χ0v) is 28.3. The lowest BCUT2D eigenvalue weighted by atomic mass is 9.99. The van der Waals surface area contributed by atoms with Crippen LogP contribution in [0.5, 0.6) is 0 Å². The Morgan fingerprint density at radius 1 is 0.644 bits per heavy atom. The first kappa shape index (κ1) is 34.8. The number of phosphoric ester groups is 2. The molecule has 6 heterocycles. The second-order valence-corrected chi connectivity index (χ2v) is 16.2. The first-order valence-electron chi connectivity index (χ1n) is 15.4. The Morgan fingerprint density at radius 3 is 1.40 bits per heavy atom. The summed E-state index contributed by atoms with van der Waals surface area (Å²) in [7, 11) is -10.0. The van der Waals surface area contributed by atoms with Crippen molar-refractivity contribution in [1.29, 1.82) is 0 Å². The van der Waals surface area contributed by atoms with Crippen molar-refractivity contribution in [2.24, 2.45) is 0 Å². The van der Waals surface area contributed by atoms with Crippen molar-refractivity contribution in [3.05, 3.63) is 0 Å². The summed E-state index contributed by atoms with van der Waals surface area (Å²) >= 11 is 0. The Bertz CT molecular complexity index is 1190. The van der Waals surface area contributed by atoms with Gasteiger partial charge < -0.3 is 65.8 Å². The Morgan fingerprint density at radius 2 is 1.02 bits per heavy atom. The van der Waals surface area contributed by atoms with Crippen molar-refractivity contribution in [3.63, 3.8) is 0 Å². The van der Waals surface area contributed by atoms with Gasteiger partial charge in [-0.3, -0.25) is 9.13 Å². The number of hydrogen-bond acceptors (Lipinski definition) is 16. The zero-order valence-electron chi connectivity index (χ0n) is 26.5. The van der Waals surface area contributed by atoms with Crippen LogP contribution in [0.1, 0.15) is 48.5 Å². The van der Waals surface area contributed by atoms with E-state index >= 15 is 0 Å². The van der Waals surface area contributed by atoms with Gasteiger partial charge in [0.2, 0.25) is 0 Å². The van der Waals surface area contributed by atoms with E-state index in [9.17, 15) is 18.9 Å². The molecule has 0 amide bonds. The highest BCUT2D eigenvalue weighted by atomic mass is 31.2. The maximum atomic E-state index is 13.2. The molecule has 16 nitrogen and oxygen atoms in total. The highest BCUT2D eigenvalue weighted by Crippen LogP contribution is 2.55. The number of ether oxygens (including phenoxy) is 8. The number of fused-ring (bicyclic) bond motifs is 6. The molecule has 0 aromatic heterocycles. The van der Waals surface area contributed by atoms with E-state index in [2.05, 4.69) is 0 Å². The third kappa shape index (κ3) is 6.50. The fourth-order valence-corrected chi connectivity index (χ4v) is 9.24. The highest BCUT2D eigenvalue weighted by molar-refractivity contribution is 7.46. The molecule has 6 rings (SSSR count). The third-order valence-electron chi connectivity index (χ3n) is 9.16. The molecule has 6 bridgehead atoms. The topological polar surface area (TPSA) is 191 Å². The minimum Gasteiger partial charge on any atom is -0.756 e. The van der Waals surface area contributed by atoms with E-state index in [0.29, 0.717) is 0 Å². The number of phosphoric acid groups is 2. The van der Waals surface area contributed by atoms with E-state index < -0.39 is 88.4 Å². The Hall–Kier alpha value is -0.100. The molecule has 6 aliphatic rings. The fraction of sp³-hybridized carbons (Fsp3) is 1.00. The smallest absolute Gasteiger partial charge is 0.268 e. The summed E-state index contributed by atoms with van der Waals surface area (Å²) in [5.41, 5.74) is -3.84. The molecule has 0 spiro atoms. The van der Waals surface area contributed by atoms with Gasteiger partial charge in [-0.25, -0.2) is 0 Å². The molecule has 0 N–H and O–H groups in total. The maximum Gasteiger partial charge on any atom is 0.268 e. The van der Waals surface area contributed by atoms with E-state index in [-0.39, 0.29) is 50.8 Å². The van der Waals surface area contributed by atoms with Crippen molar-refractivity contribution < 1.29 is 74.9 Å². The molecule has 0 aromatic carbocycles. The lowest BCUT2D eigenvalue weighted by molar-refractivity contribution is -0.247. The second-order valence-electron chi connectivity index (χ2n) is 13.4. The minimum atomic E-state index is -5.03. The maximum absolute atomic E-state index is 13.2. The van der Waals surface area contributed by atoms with Crippen LogP contribution in [0.4, 0.5) is 0 Å². The molecule has 18 heteroatoms. The summed E-state index contributed by atoms with van der Waals surface area (Å²) in [5.74, 6) is 0. The average Bonchev–Trinajstić information content (AvgIpc) is 3.73. The van der Waals surface area contributed by atoms with Crippen LogP contribution in [0.15, 0.2) is 0 Å². The Kier molecular flexibility index (Phi) is 9.53. The fourth-order valence-electron chi connectivity index (χ4n) is 7.18.